The van der Waals surface area contributed by atoms with E-state index < -0.39 is 11.4 Å². The van der Waals surface area contributed by atoms with Crippen molar-refractivity contribution in [3.63, 3.8) is 0 Å². The summed E-state index contributed by atoms with van der Waals surface area (Å²) in [4.78, 5) is 16.0. The summed E-state index contributed by atoms with van der Waals surface area (Å²) in [5, 5.41) is 5.94. The van der Waals surface area contributed by atoms with Gasteiger partial charge in [-0.25, -0.2) is 4.39 Å². The summed E-state index contributed by atoms with van der Waals surface area (Å²) in [6.45, 7) is 0.304. The molecule has 7 heteroatoms. The Kier molecular flexibility index (Phi) is 4.19. The monoisotopic (exact) mass is 334 g/mol. The molecule has 1 heterocycles. The van der Waals surface area contributed by atoms with E-state index >= 15 is 0 Å². The third-order valence-electron chi connectivity index (χ3n) is 3.73. The van der Waals surface area contributed by atoms with Gasteiger partial charge in [-0.1, -0.05) is 17.7 Å². The molecule has 3 rings (SSSR count). The molecule has 1 aliphatic carbocycles. The molecule has 23 heavy (non-hydrogen) atoms. The third-order valence-corrected chi connectivity index (χ3v) is 4.04. The van der Waals surface area contributed by atoms with Gasteiger partial charge in [-0.15, -0.1) is 0 Å². The minimum atomic E-state index is -0.691. The molecular formula is C16H16ClFN4O. The highest BCUT2D eigenvalue weighted by atomic mass is 35.5. The predicted molar refractivity (Wildman–Crippen MR) is 86.9 cm³/mol. The molecule has 5 nitrogen and oxygen atoms in total. The lowest BCUT2D eigenvalue weighted by molar-refractivity contribution is -0.123. The highest BCUT2D eigenvalue weighted by molar-refractivity contribution is 6.33. The van der Waals surface area contributed by atoms with Crippen molar-refractivity contribution in [2.45, 2.75) is 24.9 Å². The minimum Gasteiger partial charge on any atom is -0.351 e. The van der Waals surface area contributed by atoms with E-state index in [9.17, 15) is 9.18 Å². The van der Waals surface area contributed by atoms with Gasteiger partial charge in [0.25, 0.3) is 0 Å². The maximum absolute atomic E-state index is 13.7. The van der Waals surface area contributed by atoms with Crippen LogP contribution >= 0.6 is 11.6 Å². The molecule has 4 N–H and O–H groups in total. The third kappa shape index (κ3) is 3.60. The maximum Gasteiger partial charge on any atom is 0.240 e. The Bertz CT molecular complexity index is 711. The summed E-state index contributed by atoms with van der Waals surface area (Å²) in [6.07, 6.45) is 3.00. The van der Waals surface area contributed by atoms with Crippen LogP contribution in [0.5, 0.6) is 0 Å². The summed E-state index contributed by atoms with van der Waals surface area (Å²) >= 11 is 5.96. The van der Waals surface area contributed by atoms with Gasteiger partial charge in [0.05, 0.1) is 40.4 Å². The number of hydrogen-bond acceptors (Lipinski definition) is 4. The van der Waals surface area contributed by atoms with Crippen LogP contribution in [0.1, 0.15) is 18.5 Å². The molecule has 0 radical (unpaired) electrons. The van der Waals surface area contributed by atoms with E-state index in [0.717, 1.165) is 12.8 Å². The van der Waals surface area contributed by atoms with Gasteiger partial charge in [0.2, 0.25) is 5.91 Å². The van der Waals surface area contributed by atoms with Crippen molar-refractivity contribution in [2.24, 2.45) is 5.73 Å². The van der Waals surface area contributed by atoms with E-state index in [1.807, 2.05) is 0 Å². The fourth-order valence-corrected chi connectivity index (χ4v) is 2.28. The zero-order valence-electron chi connectivity index (χ0n) is 12.3. The number of amides is 1. The first kappa shape index (κ1) is 15.7. The first-order valence-electron chi connectivity index (χ1n) is 7.21. The average molecular weight is 335 g/mol. The number of hydrogen-bond donors (Lipinski definition) is 3. The molecule has 1 fully saturated rings. The molecule has 0 unspecified atom stereocenters. The summed E-state index contributed by atoms with van der Waals surface area (Å²) in [6, 6.07) is 7.95. The van der Waals surface area contributed by atoms with E-state index in [4.69, 9.17) is 17.3 Å². The molecule has 2 aromatic rings. The predicted octanol–water partition coefficient (Wildman–Crippen LogP) is 2.73. The van der Waals surface area contributed by atoms with Gasteiger partial charge in [0.1, 0.15) is 5.82 Å². The Morgan fingerprint density at radius 1 is 1.35 bits per heavy atom. The number of pyridine rings is 1. The van der Waals surface area contributed by atoms with Crippen LogP contribution in [0.3, 0.4) is 0 Å². The van der Waals surface area contributed by atoms with Gasteiger partial charge < -0.3 is 16.4 Å². The molecule has 120 valence electrons. The van der Waals surface area contributed by atoms with E-state index in [2.05, 4.69) is 15.6 Å². The quantitative estimate of drug-likeness (QED) is 0.785. The molecule has 1 saturated carbocycles. The van der Waals surface area contributed by atoms with Crippen LogP contribution < -0.4 is 16.4 Å². The second-order valence-corrected chi connectivity index (χ2v) is 6.01. The molecule has 1 aromatic heterocycles. The molecular weight excluding hydrogens is 319 g/mol. The number of halogens is 2. The topological polar surface area (TPSA) is 80.0 Å². The van der Waals surface area contributed by atoms with Crippen LogP contribution in [0, 0.1) is 5.82 Å². The van der Waals surface area contributed by atoms with Crippen LogP contribution in [0.2, 0.25) is 5.02 Å². The lowest BCUT2D eigenvalue weighted by Crippen LogP contribution is -2.42. The first-order chi connectivity index (χ1) is 11.0. The highest BCUT2D eigenvalue weighted by Gasteiger charge is 2.45. The summed E-state index contributed by atoms with van der Waals surface area (Å²) in [5.41, 5.74) is 6.60. The molecule has 0 atom stereocenters. The SMILES string of the molecule is NC1(C(=O)NCc2ccc(Nc3c(F)cccc3Cl)cn2)CC1. The number of carbonyl (C=O) groups is 1. The van der Waals surface area contributed by atoms with Gasteiger partial charge >= 0.3 is 0 Å². The Balaban J connectivity index is 1.62. The lowest BCUT2D eigenvalue weighted by Gasteiger charge is -2.11. The molecule has 1 aromatic carbocycles. The molecule has 0 saturated heterocycles. The number of para-hydroxylation sites is 1. The lowest BCUT2D eigenvalue weighted by atomic mass is 10.2. The minimum absolute atomic E-state index is 0.153. The van der Waals surface area contributed by atoms with Crippen molar-refractivity contribution in [3.8, 4) is 0 Å². The van der Waals surface area contributed by atoms with Gasteiger partial charge in [-0.2, -0.15) is 0 Å². The van der Waals surface area contributed by atoms with Crippen LogP contribution in [0.4, 0.5) is 15.8 Å². The number of benzene rings is 1. The number of nitrogens with zero attached hydrogens (tertiary/aromatic N) is 1. The molecule has 1 aliphatic rings. The Hall–Kier alpha value is -2.18. The number of anilines is 2. The number of rotatable bonds is 5. The molecule has 0 aliphatic heterocycles. The molecule has 0 spiro atoms. The van der Waals surface area contributed by atoms with Crippen molar-refractivity contribution >= 4 is 28.9 Å². The summed E-state index contributed by atoms with van der Waals surface area (Å²) in [7, 11) is 0. The zero-order valence-corrected chi connectivity index (χ0v) is 13.0. The normalized spacial score (nSPS) is 15.1. The van der Waals surface area contributed by atoms with Gasteiger partial charge in [0.15, 0.2) is 0 Å². The fourth-order valence-electron chi connectivity index (χ4n) is 2.07. The van der Waals surface area contributed by atoms with E-state index in [0.29, 0.717) is 22.9 Å². The number of nitrogens with one attached hydrogen (secondary N) is 2. The van der Waals surface area contributed by atoms with Crippen LogP contribution in [0.15, 0.2) is 36.5 Å². The van der Waals surface area contributed by atoms with Crippen molar-refractivity contribution in [3.05, 3.63) is 53.1 Å². The van der Waals surface area contributed by atoms with Crippen molar-refractivity contribution in [1.82, 2.24) is 10.3 Å². The summed E-state index contributed by atoms with van der Waals surface area (Å²) < 4.78 is 13.7. The molecule has 1 amide bonds. The fraction of sp³-hybridized carbons (Fsp3) is 0.250. The average Bonchev–Trinajstić information content (AvgIpc) is 3.29. The first-order valence-corrected chi connectivity index (χ1v) is 7.59. The Labute approximate surface area is 138 Å². The Morgan fingerprint density at radius 2 is 2.13 bits per heavy atom. The van der Waals surface area contributed by atoms with Crippen molar-refractivity contribution in [2.75, 3.05) is 5.32 Å². The van der Waals surface area contributed by atoms with Crippen molar-refractivity contribution < 1.29 is 9.18 Å². The Morgan fingerprint density at radius 3 is 2.74 bits per heavy atom. The van der Waals surface area contributed by atoms with Gasteiger partial charge in [-0.05, 0) is 37.1 Å². The van der Waals surface area contributed by atoms with Crippen LogP contribution in [0.25, 0.3) is 0 Å². The number of nitrogens with two attached hydrogens (primary N) is 1. The smallest absolute Gasteiger partial charge is 0.240 e. The van der Waals surface area contributed by atoms with Crippen molar-refractivity contribution in [1.29, 1.82) is 0 Å². The van der Waals surface area contributed by atoms with E-state index in [-0.39, 0.29) is 11.6 Å². The highest BCUT2D eigenvalue weighted by Crippen LogP contribution is 2.32. The van der Waals surface area contributed by atoms with Crippen LogP contribution in [-0.4, -0.2) is 16.4 Å². The summed E-state index contributed by atoms with van der Waals surface area (Å²) in [5.74, 6) is -0.592. The maximum atomic E-state index is 13.7. The van der Waals surface area contributed by atoms with E-state index in [1.54, 1.807) is 24.4 Å². The number of aromatic nitrogens is 1. The van der Waals surface area contributed by atoms with Crippen LogP contribution in [-0.2, 0) is 11.3 Å². The number of carbonyl (C=O) groups excluding carboxylic acids is 1. The second kappa shape index (κ2) is 6.14. The van der Waals surface area contributed by atoms with Gasteiger partial charge in [-0.3, -0.25) is 9.78 Å². The largest absolute Gasteiger partial charge is 0.351 e. The standard InChI is InChI=1S/C16H16ClFN4O/c17-12-2-1-3-13(18)14(12)22-11-5-4-10(20-9-11)8-21-15(23)16(19)6-7-16/h1-5,9,22H,6-8,19H2,(H,21,23). The molecule has 0 bridgehead atoms. The zero-order chi connectivity index (χ0) is 16.4. The second-order valence-electron chi connectivity index (χ2n) is 5.60. The van der Waals surface area contributed by atoms with E-state index in [1.165, 1.54) is 12.1 Å². The van der Waals surface area contributed by atoms with Gasteiger partial charge in [0, 0.05) is 0 Å².